The third-order valence-electron chi connectivity index (χ3n) is 6.76. The molecule has 4 atom stereocenters. The first-order valence-electron chi connectivity index (χ1n) is 11.2. The molecule has 2 aliphatic carbocycles. The predicted molar refractivity (Wildman–Crippen MR) is 128 cm³/mol. The summed E-state index contributed by atoms with van der Waals surface area (Å²) in [4.78, 5) is 63.2. The van der Waals surface area contributed by atoms with Crippen LogP contribution in [0.5, 0.6) is 5.75 Å². The zero-order valence-corrected chi connectivity index (χ0v) is 20.2. The van der Waals surface area contributed by atoms with Crippen LogP contribution in [0.3, 0.4) is 0 Å². The summed E-state index contributed by atoms with van der Waals surface area (Å²) >= 11 is 11.8. The summed E-state index contributed by atoms with van der Waals surface area (Å²) in [6, 6.07) is 10.0. The standard InChI is InChI=1S/C26H19Cl2NO7/c27-18-8-5-16(10-19(18)28)26(34)36-17-6-3-13(4-7-17)20(30)12-35-21(31)11-29-24(32)22-14-1-2-15(9-14)23(22)25(29)33/h1-8,10,14-15,22-23H,9,11-12H2. The summed E-state index contributed by atoms with van der Waals surface area (Å²) in [5, 5.41) is 0.522. The number of nitrogens with zero attached hydrogens (tertiary/aromatic N) is 1. The number of hydrogen-bond acceptors (Lipinski definition) is 7. The first-order valence-corrected chi connectivity index (χ1v) is 12.0. The first-order chi connectivity index (χ1) is 17.2. The number of rotatable bonds is 7. The topological polar surface area (TPSA) is 107 Å². The van der Waals surface area contributed by atoms with Gasteiger partial charge < -0.3 is 9.47 Å². The van der Waals surface area contributed by atoms with Crippen molar-refractivity contribution in [3.05, 3.63) is 75.8 Å². The van der Waals surface area contributed by atoms with Crippen molar-refractivity contribution in [3.63, 3.8) is 0 Å². The number of hydrogen-bond donors (Lipinski definition) is 0. The smallest absolute Gasteiger partial charge is 0.343 e. The summed E-state index contributed by atoms with van der Waals surface area (Å²) in [6.07, 6.45) is 4.74. The van der Waals surface area contributed by atoms with Gasteiger partial charge in [0.2, 0.25) is 11.8 Å². The van der Waals surface area contributed by atoms with E-state index in [1.54, 1.807) is 0 Å². The lowest BCUT2D eigenvalue weighted by Gasteiger charge is -2.16. The van der Waals surface area contributed by atoms with Crippen LogP contribution in [0.4, 0.5) is 0 Å². The highest BCUT2D eigenvalue weighted by molar-refractivity contribution is 6.42. The molecule has 2 fully saturated rings. The van der Waals surface area contributed by atoms with Gasteiger partial charge in [-0.05, 0) is 60.7 Å². The number of ether oxygens (including phenoxy) is 2. The van der Waals surface area contributed by atoms with E-state index < -0.39 is 42.7 Å². The summed E-state index contributed by atoms with van der Waals surface area (Å²) in [7, 11) is 0. The lowest BCUT2D eigenvalue weighted by Crippen LogP contribution is -2.38. The molecule has 184 valence electrons. The molecule has 3 aliphatic rings. The fraction of sp³-hybridized carbons (Fsp3) is 0.269. The molecule has 4 unspecified atom stereocenters. The quantitative estimate of drug-likeness (QED) is 0.177. The van der Waals surface area contributed by atoms with Gasteiger partial charge in [0.05, 0.1) is 27.4 Å². The molecule has 2 aromatic carbocycles. The lowest BCUT2D eigenvalue weighted by atomic mass is 9.85. The second-order valence-electron chi connectivity index (χ2n) is 8.89. The fourth-order valence-corrected chi connectivity index (χ4v) is 5.32. The summed E-state index contributed by atoms with van der Waals surface area (Å²) < 4.78 is 10.3. The normalized spacial score (nSPS) is 23.7. The van der Waals surface area contributed by atoms with Crippen molar-refractivity contribution in [2.75, 3.05) is 13.2 Å². The van der Waals surface area contributed by atoms with E-state index in [9.17, 15) is 24.0 Å². The summed E-state index contributed by atoms with van der Waals surface area (Å²) in [5.74, 6) is -3.19. The number of ketones is 1. The van der Waals surface area contributed by atoms with Crippen molar-refractivity contribution >= 4 is 52.7 Å². The van der Waals surface area contributed by atoms with Crippen LogP contribution in [0.25, 0.3) is 0 Å². The van der Waals surface area contributed by atoms with E-state index in [0.29, 0.717) is 5.02 Å². The zero-order chi connectivity index (χ0) is 25.6. The molecule has 1 saturated carbocycles. The zero-order valence-electron chi connectivity index (χ0n) is 18.7. The first kappa shape index (κ1) is 24.2. The second kappa shape index (κ2) is 9.52. The number of likely N-dealkylation sites (tertiary alicyclic amines) is 1. The predicted octanol–water partition coefficient (Wildman–Crippen LogP) is 3.75. The number of esters is 2. The number of benzene rings is 2. The largest absolute Gasteiger partial charge is 0.456 e. The van der Waals surface area contributed by atoms with Gasteiger partial charge in [-0.1, -0.05) is 35.4 Å². The molecular formula is C26H19Cl2NO7. The second-order valence-corrected chi connectivity index (χ2v) is 9.70. The number of Topliss-reactive ketones (excluding diaryl/α,β-unsaturated/α-hetero) is 1. The average molecular weight is 528 g/mol. The van der Waals surface area contributed by atoms with Crippen molar-refractivity contribution in [2.24, 2.45) is 23.7 Å². The number of carbonyl (C=O) groups is 5. The Labute approximate surface area is 215 Å². The Kier molecular flexibility index (Phi) is 6.40. The maximum Gasteiger partial charge on any atom is 0.343 e. The number of allylic oxidation sites excluding steroid dienone is 2. The maximum absolute atomic E-state index is 12.7. The molecular weight excluding hydrogens is 509 g/mol. The molecule has 2 amide bonds. The SMILES string of the molecule is O=C(CN1C(=O)C2C3C=CC(C3)C2C1=O)OCC(=O)c1ccc(OC(=O)c2ccc(Cl)c(Cl)c2)cc1. The Bertz CT molecular complexity index is 1290. The molecule has 1 saturated heterocycles. The van der Waals surface area contributed by atoms with Gasteiger partial charge in [-0.2, -0.15) is 0 Å². The van der Waals surface area contributed by atoms with Gasteiger partial charge in [-0.15, -0.1) is 0 Å². The highest BCUT2D eigenvalue weighted by Gasteiger charge is 2.59. The van der Waals surface area contributed by atoms with Gasteiger partial charge >= 0.3 is 11.9 Å². The summed E-state index contributed by atoms with van der Waals surface area (Å²) in [5.41, 5.74) is 0.432. The van der Waals surface area contributed by atoms with Crippen molar-refractivity contribution < 1.29 is 33.4 Å². The van der Waals surface area contributed by atoms with Gasteiger partial charge in [-0.25, -0.2) is 4.79 Å². The minimum atomic E-state index is -0.836. The van der Waals surface area contributed by atoms with Gasteiger partial charge in [0.15, 0.2) is 12.4 Å². The Hall–Kier alpha value is -3.49. The molecule has 0 radical (unpaired) electrons. The monoisotopic (exact) mass is 527 g/mol. The van der Waals surface area contributed by atoms with Crippen LogP contribution in [0.15, 0.2) is 54.6 Å². The van der Waals surface area contributed by atoms with Crippen LogP contribution in [0, 0.1) is 23.7 Å². The van der Waals surface area contributed by atoms with Gasteiger partial charge in [-0.3, -0.25) is 24.1 Å². The van der Waals surface area contributed by atoms with E-state index in [4.69, 9.17) is 32.7 Å². The van der Waals surface area contributed by atoms with Crippen LogP contribution in [-0.2, 0) is 19.1 Å². The lowest BCUT2D eigenvalue weighted by molar-refractivity contribution is -0.152. The highest BCUT2D eigenvalue weighted by Crippen LogP contribution is 2.52. The Morgan fingerprint density at radius 2 is 1.47 bits per heavy atom. The third-order valence-corrected chi connectivity index (χ3v) is 7.49. The van der Waals surface area contributed by atoms with Crippen LogP contribution < -0.4 is 4.74 Å². The highest BCUT2D eigenvalue weighted by atomic mass is 35.5. The van der Waals surface area contributed by atoms with Crippen molar-refractivity contribution in [3.8, 4) is 5.75 Å². The van der Waals surface area contributed by atoms with Crippen molar-refractivity contribution in [2.45, 2.75) is 6.42 Å². The Morgan fingerprint density at radius 3 is 2.08 bits per heavy atom. The third kappa shape index (κ3) is 4.42. The molecule has 36 heavy (non-hydrogen) atoms. The maximum atomic E-state index is 12.7. The Balaban J connectivity index is 1.12. The van der Waals surface area contributed by atoms with E-state index >= 15 is 0 Å². The van der Waals surface area contributed by atoms with Gasteiger partial charge in [0, 0.05) is 5.56 Å². The van der Waals surface area contributed by atoms with E-state index in [2.05, 4.69) is 0 Å². The number of fused-ring (bicyclic) bond motifs is 5. The minimum Gasteiger partial charge on any atom is -0.456 e. The van der Waals surface area contributed by atoms with E-state index in [0.717, 1.165) is 11.3 Å². The molecule has 0 spiro atoms. The van der Waals surface area contributed by atoms with Crippen molar-refractivity contribution in [1.82, 2.24) is 4.90 Å². The molecule has 8 nitrogen and oxygen atoms in total. The van der Waals surface area contributed by atoms with Crippen LogP contribution in [0.2, 0.25) is 10.0 Å². The number of imide groups is 1. The van der Waals surface area contributed by atoms with Crippen molar-refractivity contribution in [1.29, 1.82) is 0 Å². The molecule has 2 bridgehead atoms. The molecule has 0 N–H and O–H groups in total. The van der Waals surface area contributed by atoms with E-state index in [-0.39, 0.29) is 45.5 Å². The number of amides is 2. The van der Waals surface area contributed by atoms with Gasteiger partial charge in [0.25, 0.3) is 0 Å². The fourth-order valence-electron chi connectivity index (χ4n) is 5.02. The molecule has 1 aliphatic heterocycles. The number of halogens is 2. The molecule has 2 aromatic rings. The molecule has 10 heteroatoms. The number of carbonyl (C=O) groups excluding carboxylic acids is 5. The van der Waals surface area contributed by atoms with Crippen LogP contribution >= 0.6 is 23.2 Å². The molecule has 5 rings (SSSR count). The molecule has 0 aromatic heterocycles. The van der Waals surface area contributed by atoms with Crippen LogP contribution in [0.1, 0.15) is 27.1 Å². The Morgan fingerprint density at radius 1 is 0.861 bits per heavy atom. The molecule has 1 heterocycles. The average Bonchev–Trinajstić information content (AvgIpc) is 3.55. The van der Waals surface area contributed by atoms with E-state index in [1.807, 2.05) is 12.2 Å². The van der Waals surface area contributed by atoms with Crippen LogP contribution in [-0.4, -0.2) is 47.6 Å². The van der Waals surface area contributed by atoms with Gasteiger partial charge in [0.1, 0.15) is 12.3 Å². The summed E-state index contributed by atoms with van der Waals surface area (Å²) in [6.45, 7) is -1.07. The minimum absolute atomic E-state index is 0.0466. The van der Waals surface area contributed by atoms with E-state index in [1.165, 1.54) is 42.5 Å².